The predicted octanol–water partition coefficient (Wildman–Crippen LogP) is 2.03. The number of nitrogens with zero attached hydrogens (tertiary/aromatic N) is 3. The molecule has 12 heteroatoms. The summed E-state index contributed by atoms with van der Waals surface area (Å²) in [5.41, 5.74) is 0.525. The summed E-state index contributed by atoms with van der Waals surface area (Å²) in [7, 11) is 3.96. The summed E-state index contributed by atoms with van der Waals surface area (Å²) in [6.07, 6.45) is -3.29. The standard InChI is InChI=1S/C15H18N4O3.C2HF3O2/c1-18(2)9-10-19-8-7-13(17-19)16-14(20)11-3-5-12(6-4-11)15(21)22;3-2(4,5)1(6)7/h3-8H,9-10H2,1-2H3,(H,21,22)(H,16,17,20);(H,6,7). The van der Waals surface area contributed by atoms with Gasteiger partial charge in [0.25, 0.3) is 5.91 Å². The Hall–Kier alpha value is -3.41. The molecule has 0 unspecified atom stereocenters. The second-order valence-electron chi connectivity index (χ2n) is 5.91. The van der Waals surface area contributed by atoms with Crippen LogP contribution < -0.4 is 5.32 Å². The molecule has 0 aliphatic heterocycles. The lowest BCUT2D eigenvalue weighted by molar-refractivity contribution is -0.192. The number of likely N-dealkylation sites (N-methyl/N-ethyl adjacent to an activating group) is 1. The summed E-state index contributed by atoms with van der Waals surface area (Å²) >= 11 is 0. The summed E-state index contributed by atoms with van der Waals surface area (Å²) in [6, 6.07) is 7.46. The van der Waals surface area contributed by atoms with Crippen LogP contribution in [0.3, 0.4) is 0 Å². The van der Waals surface area contributed by atoms with Crippen molar-refractivity contribution in [2.45, 2.75) is 12.7 Å². The molecule has 0 bridgehead atoms. The van der Waals surface area contributed by atoms with Gasteiger partial charge in [0.05, 0.1) is 12.1 Å². The van der Waals surface area contributed by atoms with Crippen molar-refractivity contribution in [3.05, 3.63) is 47.7 Å². The second-order valence-corrected chi connectivity index (χ2v) is 5.91. The van der Waals surface area contributed by atoms with Crippen molar-refractivity contribution in [3.8, 4) is 0 Å². The summed E-state index contributed by atoms with van der Waals surface area (Å²) < 4.78 is 33.5. The van der Waals surface area contributed by atoms with E-state index in [9.17, 15) is 22.8 Å². The molecule has 0 radical (unpaired) electrons. The average Bonchev–Trinajstić information content (AvgIpc) is 3.07. The molecule has 0 aliphatic rings. The Balaban J connectivity index is 0.000000516. The largest absolute Gasteiger partial charge is 0.490 e. The van der Waals surface area contributed by atoms with E-state index in [1.165, 1.54) is 24.3 Å². The molecule has 1 heterocycles. The van der Waals surface area contributed by atoms with Crippen LogP contribution in [0.5, 0.6) is 0 Å². The fraction of sp³-hybridized carbons (Fsp3) is 0.294. The number of hydrogen-bond donors (Lipinski definition) is 3. The topological polar surface area (TPSA) is 125 Å². The van der Waals surface area contributed by atoms with Crippen LogP contribution in [0, 0.1) is 0 Å². The van der Waals surface area contributed by atoms with E-state index in [2.05, 4.69) is 10.4 Å². The number of amides is 1. The summed E-state index contributed by atoms with van der Waals surface area (Å²) in [5, 5.41) is 22.9. The predicted molar refractivity (Wildman–Crippen MR) is 95.8 cm³/mol. The fourth-order valence-corrected chi connectivity index (χ4v) is 1.81. The molecular weight excluding hydrogens is 397 g/mol. The lowest BCUT2D eigenvalue weighted by Gasteiger charge is -2.08. The van der Waals surface area contributed by atoms with E-state index < -0.39 is 18.1 Å². The zero-order valence-corrected chi connectivity index (χ0v) is 15.5. The molecule has 29 heavy (non-hydrogen) atoms. The van der Waals surface area contributed by atoms with Gasteiger partial charge in [0.2, 0.25) is 0 Å². The summed E-state index contributed by atoms with van der Waals surface area (Å²) in [5.74, 6) is -3.64. The highest BCUT2D eigenvalue weighted by molar-refractivity contribution is 6.04. The quantitative estimate of drug-likeness (QED) is 0.658. The highest BCUT2D eigenvalue weighted by Gasteiger charge is 2.38. The molecule has 158 valence electrons. The van der Waals surface area contributed by atoms with E-state index in [0.29, 0.717) is 11.4 Å². The number of anilines is 1. The van der Waals surface area contributed by atoms with E-state index in [4.69, 9.17) is 15.0 Å². The normalized spacial score (nSPS) is 10.8. The molecule has 0 atom stereocenters. The monoisotopic (exact) mass is 416 g/mol. The van der Waals surface area contributed by atoms with E-state index in [1.54, 1.807) is 16.9 Å². The molecule has 1 amide bonds. The van der Waals surface area contributed by atoms with Crippen LogP contribution in [0.25, 0.3) is 0 Å². The van der Waals surface area contributed by atoms with Gasteiger partial charge in [-0.2, -0.15) is 18.3 Å². The van der Waals surface area contributed by atoms with Crippen molar-refractivity contribution < 1.29 is 37.8 Å². The van der Waals surface area contributed by atoms with Gasteiger partial charge in [0.15, 0.2) is 5.82 Å². The maximum absolute atomic E-state index is 12.1. The number of rotatable bonds is 6. The maximum Gasteiger partial charge on any atom is 0.490 e. The van der Waals surface area contributed by atoms with Crippen molar-refractivity contribution in [2.75, 3.05) is 26.0 Å². The number of carbonyl (C=O) groups excluding carboxylic acids is 1. The third kappa shape index (κ3) is 8.43. The first-order valence-electron chi connectivity index (χ1n) is 8.03. The van der Waals surface area contributed by atoms with E-state index in [-0.39, 0.29) is 11.5 Å². The molecule has 0 spiro atoms. The van der Waals surface area contributed by atoms with Gasteiger partial charge < -0.3 is 20.4 Å². The van der Waals surface area contributed by atoms with Crippen LogP contribution in [0.2, 0.25) is 0 Å². The van der Waals surface area contributed by atoms with E-state index >= 15 is 0 Å². The first-order chi connectivity index (χ1) is 13.4. The number of aromatic nitrogens is 2. The Morgan fingerprint density at radius 3 is 2.03 bits per heavy atom. The Labute approximate surface area is 163 Å². The molecular formula is C17H19F3N4O5. The zero-order valence-electron chi connectivity index (χ0n) is 15.5. The lowest BCUT2D eigenvalue weighted by atomic mass is 10.1. The number of nitrogens with one attached hydrogen (secondary N) is 1. The molecule has 3 N–H and O–H groups in total. The Kier molecular flexibility index (Phi) is 8.33. The molecule has 2 rings (SSSR count). The third-order valence-electron chi connectivity index (χ3n) is 3.30. The number of halogens is 3. The molecule has 1 aromatic heterocycles. The highest BCUT2D eigenvalue weighted by Crippen LogP contribution is 2.13. The first-order valence-corrected chi connectivity index (χ1v) is 8.03. The zero-order chi connectivity index (χ0) is 22.2. The van der Waals surface area contributed by atoms with Crippen LogP contribution in [0.15, 0.2) is 36.5 Å². The van der Waals surface area contributed by atoms with Crippen molar-refractivity contribution in [3.63, 3.8) is 0 Å². The molecule has 0 saturated carbocycles. The number of hydrogen-bond acceptors (Lipinski definition) is 5. The third-order valence-corrected chi connectivity index (χ3v) is 3.30. The van der Waals surface area contributed by atoms with Gasteiger partial charge in [-0.15, -0.1) is 0 Å². The van der Waals surface area contributed by atoms with Gasteiger partial charge in [-0.3, -0.25) is 9.48 Å². The van der Waals surface area contributed by atoms with E-state index in [0.717, 1.165) is 13.1 Å². The molecule has 2 aromatic rings. The fourth-order valence-electron chi connectivity index (χ4n) is 1.81. The number of alkyl halides is 3. The molecule has 0 fully saturated rings. The molecule has 1 aromatic carbocycles. The second kappa shape index (κ2) is 10.2. The van der Waals surface area contributed by atoms with Crippen LogP contribution in [0.1, 0.15) is 20.7 Å². The number of carboxylic acids is 2. The number of carbonyl (C=O) groups is 3. The maximum atomic E-state index is 12.1. The number of aromatic carboxylic acids is 1. The van der Waals surface area contributed by atoms with Crippen molar-refractivity contribution in [1.29, 1.82) is 0 Å². The minimum absolute atomic E-state index is 0.143. The SMILES string of the molecule is CN(C)CCn1ccc(NC(=O)c2ccc(C(=O)O)cc2)n1.O=C(O)C(F)(F)F. The van der Waals surface area contributed by atoms with Crippen LogP contribution in [-0.2, 0) is 11.3 Å². The van der Waals surface area contributed by atoms with Gasteiger partial charge in [0.1, 0.15) is 0 Å². The summed E-state index contributed by atoms with van der Waals surface area (Å²) in [6.45, 7) is 1.59. The average molecular weight is 416 g/mol. The van der Waals surface area contributed by atoms with Gasteiger partial charge in [-0.05, 0) is 38.4 Å². The lowest BCUT2D eigenvalue weighted by Crippen LogP contribution is -2.21. The van der Waals surface area contributed by atoms with Crippen LogP contribution in [-0.4, -0.2) is 69.6 Å². The Morgan fingerprint density at radius 1 is 1.07 bits per heavy atom. The summed E-state index contributed by atoms with van der Waals surface area (Å²) in [4.78, 5) is 33.8. The number of aliphatic carboxylic acids is 1. The first kappa shape index (κ1) is 23.6. The van der Waals surface area contributed by atoms with Crippen LogP contribution >= 0.6 is 0 Å². The minimum Gasteiger partial charge on any atom is -0.478 e. The van der Waals surface area contributed by atoms with Gasteiger partial charge >= 0.3 is 18.1 Å². The minimum atomic E-state index is -5.08. The molecule has 9 nitrogen and oxygen atoms in total. The van der Waals surface area contributed by atoms with Crippen molar-refractivity contribution in [2.24, 2.45) is 0 Å². The van der Waals surface area contributed by atoms with E-state index in [1.807, 2.05) is 19.0 Å². The number of benzene rings is 1. The Morgan fingerprint density at radius 2 is 1.59 bits per heavy atom. The molecule has 0 saturated heterocycles. The van der Waals surface area contributed by atoms with Gasteiger partial charge in [0, 0.05) is 24.4 Å². The van der Waals surface area contributed by atoms with Gasteiger partial charge in [-0.1, -0.05) is 0 Å². The van der Waals surface area contributed by atoms with Crippen molar-refractivity contribution in [1.82, 2.24) is 14.7 Å². The molecule has 0 aliphatic carbocycles. The highest BCUT2D eigenvalue weighted by atomic mass is 19.4. The number of carboxylic acid groups (broad SMARTS) is 2. The Bertz CT molecular complexity index is 847. The van der Waals surface area contributed by atoms with Gasteiger partial charge in [-0.25, -0.2) is 9.59 Å². The smallest absolute Gasteiger partial charge is 0.478 e. The van der Waals surface area contributed by atoms with Crippen LogP contribution in [0.4, 0.5) is 19.0 Å². The van der Waals surface area contributed by atoms with Crippen molar-refractivity contribution >= 4 is 23.7 Å².